The Morgan fingerprint density at radius 2 is 1.17 bits per heavy atom. The van der Waals surface area contributed by atoms with Crippen molar-refractivity contribution in [1.82, 2.24) is 0 Å². The molecule has 236 valence electrons. The maximum Gasteiger partial charge on any atom is -0.0253 e. The van der Waals surface area contributed by atoms with E-state index in [-0.39, 0.29) is 30.2 Å². The smallest absolute Gasteiger partial charge is 0.0253 e. The fraction of sp³-hybridized carbons (Fsp3) is 0.140. The summed E-state index contributed by atoms with van der Waals surface area (Å²) in [6.07, 6.45) is 1.05. The first kappa shape index (κ1) is 37.7. The van der Waals surface area contributed by atoms with Crippen LogP contribution in [0.5, 0.6) is 5.75 Å². The van der Waals surface area contributed by atoms with Crippen molar-refractivity contribution in [2.24, 2.45) is 0 Å². The predicted molar refractivity (Wildman–Crippen MR) is 187 cm³/mol. The zero-order valence-corrected chi connectivity index (χ0v) is 30.3. The summed E-state index contributed by atoms with van der Waals surface area (Å²) in [5.41, 5.74) is 12.4. The fourth-order valence-electron chi connectivity index (χ4n) is 5.64. The molecule has 0 fully saturated rings. The molecule has 1 N–H and O–H groups in total. The Balaban J connectivity index is 0.000000190. The van der Waals surface area contributed by atoms with Crippen molar-refractivity contribution in [3.8, 4) is 28.0 Å². The second kappa shape index (κ2) is 17.4. The van der Waals surface area contributed by atoms with E-state index >= 15 is 0 Å². The van der Waals surface area contributed by atoms with E-state index in [4.69, 9.17) is 0 Å². The van der Waals surface area contributed by atoms with Gasteiger partial charge in [-0.25, -0.2) is 0 Å². The van der Waals surface area contributed by atoms with E-state index in [0.717, 1.165) is 23.1 Å². The van der Waals surface area contributed by atoms with Gasteiger partial charge in [0.05, 0.1) is 0 Å². The molecule has 0 aliphatic heterocycles. The monoisotopic (exact) mass is 689 g/mol. The number of fused-ring (bicyclic) bond motifs is 3. The fourth-order valence-corrected chi connectivity index (χ4v) is 6.16. The van der Waals surface area contributed by atoms with Crippen LogP contribution in [0, 0.1) is 13.0 Å². The van der Waals surface area contributed by atoms with Crippen LogP contribution >= 0.6 is 0 Å². The number of phenols is 1. The van der Waals surface area contributed by atoms with Crippen LogP contribution in [0.3, 0.4) is 0 Å². The van der Waals surface area contributed by atoms with Gasteiger partial charge in [0.1, 0.15) is 5.75 Å². The minimum absolute atomic E-state index is 0. The molecule has 0 saturated heterocycles. The molecule has 0 radical (unpaired) electrons. The van der Waals surface area contributed by atoms with Crippen LogP contribution in [-0.2, 0) is 31.8 Å². The van der Waals surface area contributed by atoms with Crippen molar-refractivity contribution in [1.29, 1.82) is 0 Å². The van der Waals surface area contributed by atoms with Crippen LogP contribution in [-0.4, -0.2) is 8.92 Å². The molecule has 0 saturated carbocycles. The zero-order chi connectivity index (χ0) is 31.8. The molecule has 1 aliphatic carbocycles. The average molecular weight is 691 g/mol. The largest absolute Gasteiger partial charge is 0.179 e. The van der Waals surface area contributed by atoms with Crippen molar-refractivity contribution < 1.29 is 49.9 Å². The third-order valence-corrected chi connectivity index (χ3v) is 8.78. The first-order valence-corrected chi connectivity index (χ1v) is 16.2. The molecule has 47 heavy (non-hydrogen) atoms. The van der Waals surface area contributed by atoms with E-state index in [1.54, 1.807) is 0 Å². The molecule has 0 amide bonds. The molecule has 0 bridgehead atoms. The SMILES string of the molecule is Cc1cc(O)c(-c2ccccc2)c(C(C)(C)C)c1.[Cl-].[Cl-].[Ti+2]=[C](c1ccccc1)c1ccccc1.[c-]1cccc2c1Cc1ccccc1-2. The molecule has 6 aromatic rings. The van der Waals surface area contributed by atoms with Gasteiger partial charge in [0.25, 0.3) is 0 Å². The van der Waals surface area contributed by atoms with Gasteiger partial charge < -0.3 is 29.9 Å². The molecule has 1 nitrogen and oxygen atoms in total. The summed E-state index contributed by atoms with van der Waals surface area (Å²) in [6, 6.07) is 53.1. The first-order chi connectivity index (χ1) is 21.7. The van der Waals surface area contributed by atoms with Gasteiger partial charge in [0, 0.05) is 5.56 Å². The van der Waals surface area contributed by atoms with Gasteiger partial charge in [-0.2, -0.15) is 29.8 Å². The van der Waals surface area contributed by atoms with Crippen LogP contribution in [0.2, 0.25) is 0 Å². The summed E-state index contributed by atoms with van der Waals surface area (Å²) in [6.45, 7) is 8.54. The van der Waals surface area contributed by atoms with Crippen molar-refractivity contribution in [2.75, 3.05) is 0 Å². The third-order valence-electron chi connectivity index (χ3n) is 7.87. The quantitative estimate of drug-likeness (QED) is 0.214. The van der Waals surface area contributed by atoms with Crippen molar-refractivity contribution in [3.63, 3.8) is 0 Å². The molecule has 6 aromatic carbocycles. The summed E-state index contributed by atoms with van der Waals surface area (Å²) >= 11 is 2.16. The van der Waals surface area contributed by atoms with Gasteiger partial charge in [0.15, 0.2) is 0 Å². The van der Waals surface area contributed by atoms with Gasteiger partial charge >= 0.3 is 95.6 Å². The van der Waals surface area contributed by atoms with Gasteiger partial charge in [-0.15, -0.1) is 5.56 Å². The van der Waals surface area contributed by atoms with Crippen LogP contribution in [0.25, 0.3) is 22.3 Å². The van der Waals surface area contributed by atoms with Crippen LogP contribution in [0.1, 0.15) is 54.2 Å². The van der Waals surface area contributed by atoms with Crippen LogP contribution < -0.4 is 24.8 Å². The summed E-state index contributed by atoms with van der Waals surface area (Å²) in [7, 11) is 0. The molecule has 7 rings (SSSR count). The number of aryl methyl sites for hydroxylation is 1. The van der Waals surface area contributed by atoms with Crippen molar-refractivity contribution >= 4 is 3.81 Å². The van der Waals surface area contributed by atoms with Gasteiger partial charge in [-0.3, -0.25) is 0 Å². The first-order valence-electron chi connectivity index (χ1n) is 15.4. The predicted octanol–water partition coefficient (Wildman–Crippen LogP) is 4.53. The summed E-state index contributed by atoms with van der Waals surface area (Å²) in [5.74, 6) is 0.367. The van der Waals surface area contributed by atoms with Crippen molar-refractivity contribution in [3.05, 3.63) is 185 Å². The Kier molecular flexibility index (Phi) is 14.0. The third kappa shape index (κ3) is 9.66. The number of hydrogen-bond acceptors (Lipinski definition) is 1. The Bertz CT molecular complexity index is 1790. The van der Waals surface area contributed by atoms with Gasteiger partial charge in [0.2, 0.25) is 0 Å². The summed E-state index contributed by atoms with van der Waals surface area (Å²) < 4.78 is 1.33. The number of halogens is 2. The van der Waals surface area contributed by atoms with E-state index < -0.39 is 0 Å². The van der Waals surface area contributed by atoms with E-state index in [1.165, 1.54) is 42.8 Å². The second-order valence-corrected chi connectivity index (χ2v) is 13.1. The zero-order valence-electron chi connectivity index (χ0n) is 27.3. The summed E-state index contributed by atoms with van der Waals surface area (Å²) in [5, 5.41) is 10.3. The Morgan fingerprint density at radius 1 is 0.660 bits per heavy atom. The average Bonchev–Trinajstić information content (AvgIpc) is 3.44. The van der Waals surface area contributed by atoms with Crippen LogP contribution in [0.4, 0.5) is 0 Å². The minimum atomic E-state index is 0. The topological polar surface area (TPSA) is 20.2 Å². The van der Waals surface area contributed by atoms with E-state index in [0.29, 0.717) is 5.75 Å². The standard InChI is InChI=1S/C17H20O.C13H9.C13H10.2ClH.Ti/c1-12-10-14(17(2,3)4)16(15(18)11-12)13-8-6-5-7-9-13;1-3-7-12-10(5-1)9-11-6-2-4-8-13(11)12;1-3-7-12(8-4-1)11-13-9-5-2-6-10-13;;;/h5-11,18H,1-4H3;1-5,7-8H,9H2;1-10H;2*1H;/q;-1;;;;+2/p-2. The normalized spacial score (nSPS) is 10.8. The van der Waals surface area contributed by atoms with Crippen LogP contribution in [0.15, 0.2) is 146 Å². The second-order valence-electron chi connectivity index (χ2n) is 12.3. The number of benzene rings is 6. The van der Waals surface area contributed by atoms with E-state index in [1.807, 2.05) is 61.5 Å². The maximum absolute atomic E-state index is 10.3. The van der Waals surface area contributed by atoms with Gasteiger partial charge in [-0.1, -0.05) is 92.6 Å². The maximum atomic E-state index is 10.3. The molecule has 0 atom stereocenters. The number of phenolic OH excluding ortho intramolecular Hbond substituents is 1. The van der Waals surface area contributed by atoms with Gasteiger partial charge in [-0.05, 0) is 41.5 Å². The molecule has 0 unspecified atom stereocenters. The molecule has 0 aromatic heterocycles. The number of rotatable bonds is 3. The molecule has 4 heteroatoms. The Labute approximate surface area is 304 Å². The molecular formula is C43H39Cl2OTi-. The number of hydrogen-bond donors (Lipinski definition) is 1. The molecular weight excluding hydrogens is 651 g/mol. The Hall–Kier alpha value is -3.72. The summed E-state index contributed by atoms with van der Waals surface area (Å²) in [4.78, 5) is 0. The van der Waals surface area contributed by atoms with E-state index in [9.17, 15) is 5.11 Å². The molecule has 1 aliphatic rings. The van der Waals surface area contributed by atoms with E-state index in [2.05, 4.69) is 138 Å². The molecule has 0 heterocycles. The minimum Gasteiger partial charge on any atom is -0.179 e. The molecule has 0 spiro atoms. The number of aromatic hydroxyl groups is 1. The van der Waals surface area contributed by atoms with Crippen molar-refractivity contribution in [2.45, 2.75) is 39.5 Å². The Morgan fingerprint density at radius 3 is 1.74 bits per heavy atom.